The van der Waals surface area contributed by atoms with Gasteiger partial charge >= 0.3 is 0 Å². The number of amidine groups is 1. The summed E-state index contributed by atoms with van der Waals surface area (Å²) in [4.78, 5) is 2.48. The normalized spacial score (nSPS) is 18.7. The smallest absolute Gasteiger partial charge is 0.144 e. The topological polar surface area (TPSA) is 61.8 Å². The largest absolute Gasteiger partial charge is 0.409 e. The van der Waals surface area contributed by atoms with E-state index in [9.17, 15) is 0 Å². The van der Waals surface area contributed by atoms with Gasteiger partial charge in [-0.25, -0.2) is 0 Å². The fourth-order valence-corrected chi connectivity index (χ4v) is 3.11. The first kappa shape index (κ1) is 17.3. The molecule has 0 bridgehead atoms. The fourth-order valence-electron chi connectivity index (χ4n) is 3.11. The van der Waals surface area contributed by atoms with Crippen molar-refractivity contribution in [2.45, 2.75) is 65.2 Å². The minimum atomic E-state index is -0.198. The molecule has 4 nitrogen and oxygen atoms in total. The summed E-state index contributed by atoms with van der Waals surface area (Å²) in [5, 5.41) is 11.9. The Balaban J connectivity index is 2.14. The Morgan fingerprint density at radius 1 is 1.25 bits per heavy atom. The van der Waals surface area contributed by atoms with Gasteiger partial charge in [0.2, 0.25) is 0 Å². The van der Waals surface area contributed by atoms with Crippen LogP contribution in [-0.2, 0) is 0 Å². The number of nitrogens with zero attached hydrogens (tertiary/aromatic N) is 2. The molecule has 0 aromatic heterocycles. The van der Waals surface area contributed by atoms with Gasteiger partial charge < -0.3 is 15.8 Å². The number of oxime groups is 1. The van der Waals surface area contributed by atoms with Gasteiger partial charge in [-0.05, 0) is 45.2 Å². The molecule has 118 valence electrons. The van der Waals surface area contributed by atoms with Gasteiger partial charge in [0, 0.05) is 12.0 Å². The first-order valence-electron chi connectivity index (χ1n) is 8.12. The maximum absolute atomic E-state index is 8.75. The van der Waals surface area contributed by atoms with E-state index >= 15 is 0 Å². The van der Waals surface area contributed by atoms with Gasteiger partial charge in [0.25, 0.3) is 0 Å². The Kier molecular flexibility index (Phi) is 7.35. The standard InChI is InChI=1S/C16H33N3O/c1-16(2,15(17)18-20)11-7-8-12-19(3)13-14-9-5-4-6-10-14/h14,20H,4-13H2,1-3H3,(H2,17,18). The van der Waals surface area contributed by atoms with E-state index in [2.05, 4.69) is 17.1 Å². The summed E-state index contributed by atoms with van der Waals surface area (Å²) in [5.41, 5.74) is 5.51. The van der Waals surface area contributed by atoms with Crippen LogP contribution in [0.5, 0.6) is 0 Å². The molecule has 1 fully saturated rings. The van der Waals surface area contributed by atoms with E-state index in [0.717, 1.165) is 25.3 Å². The van der Waals surface area contributed by atoms with E-state index in [0.29, 0.717) is 5.84 Å². The van der Waals surface area contributed by atoms with Crippen LogP contribution < -0.4 is 5.73 Å². The molecule has 0 atom stereocenters. The molecule has 1 rings (SSSR count). The zero-order valence-corrected chi connectivity index (χ0v) is 13.6. The molecule has 0 amide bonds. The number of hydrogen-bond donors (Lipinski definition) is 2. The molecule has 3 N–H and O–H groups in total. The van der Waals surface area contributed by atoms with E-state index in [1.54, 1.807) is 0 Å². The van der Waals surface area contributed by atoms with Crippen molar-refractivity contribution in [3.05, 3.63) is 0 Å². The second-order valence-corrected chi connectivity index (χ2v) is 7.09. The molecule has 1 aliphatic rings. The number of hydrogen-bond acceptors (Lipinski definition) is 3. The van der Waals surface area contributed by atoms with Crippen molar-refractivity contribution in [1.82, 2.24) is 4.90 Å². The molecule has 0 aromatic rings. The number of rotatable bonds is 8. The molecule has 0 spiro atoms. The zero-order valence-electron chi connectivity index (χ0n) is 13.6. The monoisotopic (exact) mass is 283 g/mol. The van der Waals surface area contributed by atoms with Crippen molar-refractivity contribution in [3.8, 4) is 0 Å². The molecule has 1 saturated carbocycles. The summed E-state index contributed by atoms with van der Waals surface area (Å²) in [6.45, 7) is 6.48. The molecule has 0 heterocycles. The van der Waals surface area contributed by atoms with E-state index in [1.165, 1.54) is 45.1 Å². The van der Waals surface area contributed by atoms with Gasteiger partial charge in [-0.2, -0.15) is 0 Å². The Labute approximate surface area is 124 Å². The van der Waals surface area contributed by atoms with Crippen LogP contribution in [0.1, 0.15) is 65.2 Å². The molecule has 0 aromatic carbocycles. The van der Waals surface area contributed by atoms with Crippen LogP contribution in [0.25, 0.3) is 0 Å². The summed E-state index contributed by atoms with van der Waals surface area (Å²) in [6, 6.07) is 0. The maximum Gasteiger partial charge on any atom is 0.144 e. The quantitative estimate of drug-likeness (QED) is 0.236. The van der Waals surface area contributed by atoms with Crippen molar-refractivity contribution in [2.75, 3.05) is 20.1 Å². The summed E-state index contributed by atoms with van der Waals surface area (Å²) in [5.74, 6) is 1.26. The summed E-state index contributed by atoms with van der Waals surface area (Å²) < 4.78 is 0. The second kappa shape index (κ2) is 8.50. The average Bonchev–Trinajstić information content (AvgIpc) is 2.43. The van der Waals surface area contributed by atoms with Crippen LogP contribution in [0.3, 0.4) is 0 Å². The van der Waals surface area contributed by atoms with E-state index in [4.69, 9.17) is 10.9 Å². The van der Waals surface area contributed by atoms with Crippen LogP contribution in [0, 0.1) is 11.3 Å². The van der Waals surface area contributed by atoms with Crippen molar-refractivity contribution in [1.29, 1.82) is 0 Å². The summed E-state index contributed by atoms with van der Waals surface area (Å²) in [7, 11) is 2.24. The van der Waals surface area contributed by atoms with Gasteiger partial charge in [0.05, 0.1) is 0 Å². The van der Waals surface area contributed by atoms with Crippen LogP contribution in [0.4, 0.5) is 0 Å². The predicted molar refractivity (Wildman–Crippen MR) is 85.1 cm³/mol. The van der Waals surface area contributed by atoms with Crippen molar-refractivity contribution >= 4 is 5.84 Å². The number of nitrogens with two attached hydrogens (primary N) is 1. The average molecular weight is 283 g/mol. The van der Waals surface area contributed by atoms with Crippen LogP contribution >= 0.6 is 0 Å². The molecule has 0 saturated heterocycles. The van der Waals surface area contributed by atoms with Crippen LogP contribution in [0.2, 0.25) is 0 Å². The number of unbranched alkanes of at least 4 members (excludes halogenated alkanes) is 1. The zero-order chi connectivity index (χ0) is 15.0. The first-order valence-corrected chi connectivity index (χ1v) is 8.12. The maximum atomic E-state index is 8.75. The van der Waals surface area contributed by atoms with E-state index in [-0.39, 0.29) is 5.41 Å². The molecule has 4 heteroatoms. The predicted octanol–water partition coefficient (Wildman–Crippen LogP) is 3.44. The van der Waals surface area contributed by atoms with Crippen molar-refractivity contribution in [2.24, 2.45) is 22.2 Å². The Bertz CT molecular complexity index is 296. The molecular weight excluding hydrogens is 250 g/mol. The molecule has 20 heavy (non-hydrogen) atoms. The highest BCUT2D eigenvalue weighted by atomic mass is 16.4. The lowest BCUT2D eigenvalue weighted by Crippen LogP contribution is -2.32. The second-order valence-electron chi connectivity index (χ2n) is 7.09. The van der Waals surface area contributed by atoms with Crippen molar-refractivity contribution < 1.29 is 5.21 Å². The lowest BCUT2D eigenvalue weighted by atomic mass is 9.86. The third kappa shape index (κ3) is 6.12. The highest BCUT2D eigenvalue weighted by molar-refractivity contribution is 5.85. The van der Waals surface area contributed by atoms with Gasteiger partial charge in [-0.3, -0.25) is 0 Å². The van der Waals surface area contributed by atoms with Gasteiger partial charge in [-0.1, -0.05) is 44.7 Å². The Morgan fingerprint density at radius 3 is 2.50 bits per heavy atom. The van der Waals surface area contributed by atoms with Gasteiger partial charge in [0.1, 0.15) is 5.84 Å². The van der Waals surface area contributed by atoms with Gasteiger partial charge in [0.15, 0.2) is 0 Å². The molecule has 0 radical (unpaired) electrons. The third-order valence-electron chi connectivity index (χ3n) is 4.69. The minimum absolute atomic E-state index is 0.198. The first-order chi connectivity index (χ1) is 9.45. The highest BCUT2D eigenvalue weighted by Crippen LogP contribution is 2.25. The van der Waals surface area contributed by atoms with Gasteiger partial charge in [-0.15, -0.1) is 0 Å². The van der Waals surface area contributed by atoms with E-state index < -0.39 is 0 Å². The Morgan fingerprint density at radius 2 is 1.90 bits per heavy atom. The molecule has 1 aliphatic carbocycles. The summed E-state index contributed by atoms with van der Waals surface area (Å²) >= 11 is 0. The van der Waals surface area contributed by atoms with E-state index in [1.807, 2.05) is 13.8 Å². The lowest BCUT2D eigenvalue weighted by molar-refractivity contribution is 0.228. The third-order valence-corrected chi connectivity index (χ3v) is 4.69. The van der Waals surface area contributed by atoms with Crippen LogP contribution in [0.15, 0.2) is 5.16 Å². The van der Waals surface area contributed by atoms with Crippen molar-refractivity contribution in [3.63, 3.8) is 0 Å². The highest BCUT2D eigenvalue weighted by Gasteiger charge is 2.23. The Hall–Kier alpha value is -0.770. The SMILES string of the molecule is CN(CCCCC(C)(C)C(N)=NO)CC1CCCCC1. The summed E-state index contributed by atoms with van der Waals surface area (Å²) in [6.07, 6.45) is 10.4. The molecule has 0 aliphatic heterocycles. The lowest BCUT2D eigenvalue weighted by Gasteiger charge is -2.27. The fraction of sp³-hybridized carbons (Fsp3) is 0.938. The van der Waals surface area contributed by atoms with Crippen LogP contribution in [-0.4, -0.2) is 36.1 Å². The molecular formula is C16H33N3O. The minimum Gasteiger partial charge on any atom is -0.409 e. The molecule has 0 unspecified atom stereocenters.